The van der Waals surface area contributed by atoms with Crippen LogP contribution in [0.2, 0.25) is 0 Å². The van der Waals surface area contributed by atoms with E-state index in [1.165, 1.54) is 20.0 Å². The Bertz CT molecular complexity index is 951. The van der Waals surface area contributed by atoms with Crippen molar-refractivity contribution in [3.63, 3.8) is 0 Å². The van der Waals surface area contributed by atoms with Crippen molar-refractivity contribution < 1.29 is 14.3 Å². The van der Waals surface area contributed by atoms with Gasteiger partial charge >= 0.3 is 6.09 Å². The predicted octanol–water partition coefficient (Wildman–Crippen LogP) is 4.85. The second kappa shape index (κ2) is 13.3. The number of methoxy groups -OCH3 is 1. The Morgan fingerprint density at radius 1 is 0.971 bits per heavy atom. The minimum atomic E-state index is -0.484. The van der Waals surface area contributed by atoms with Crippen LogP contribution in [-0.4, -0.2) is 79.6 Å². The van der Waals surface area contributed by atoms with Crippen LogP contribution < -0.4 is 5.32 Å². The Hall–Kier alpha value is -2.90. The lowest BCUT2D eigenvalue weighted by atomic mass is 9.95. The highest BCUT2D eigenvalue weighted by atomic mass is 16.5. The highest BCUT2D eigenvalue weighted by Crippen LogP contribution is 2.31. The van der Waals surface area contributed by atoms with Gasteiger partial charge in [-0.3, -0.25) is 15.0 Å². The van der Waals surface area contributed by atoms with Crippen LogP contribution in [0.4, 0.5) is 10.5 Å². The molecule has 7 heteroatoms. The average molecular weight is 481 g/mol. The summed E-state index contributed by atoms with van der Waals surface area (Å²) in [5, 5.41) is 2.78. The van der Waals surface area contributed by atoms with Crippen LogP contribution in [0.1, 0.15) is 61.1 Å². The first kappa shape index (κ1) is 26.7. The van der Waals surface area contributed by atoms with E-state index in [1.807, 2.05) is 49.1 Å². The molecule has 1 aliphatic heterocycles. The fourth-order valence-electron chi connectivity index (χ4n) is 4.70. The summed E-state index contributed by atoms with van der Waals surface area (Å²) in [6.45, 7) is 12.8. The number of unbranched alkanes of at least 4 members (excludes halogenated alkanes) is 1. The number of carbonyl (C=O) groups excluding carboxylic acids is 2. The monoisotopic (exact) mass is 480 g/mol. The van der Waals surface area contributed by atoms with Crippen molar-refractivity contribution in [1.29, 1.82) is 0 Å². The molecule has 2 aromatic rings. The van der Waals surface area contributed by atoms with Crippen molar-refractivity contribution in [2.75, 3.05) is 58.2 Å². The molecule has 1 aliphatic rings. The number of ether oxygens (including phenoxy) is 1. The molecule has 0 aliphatic carbocycles. The van der Waals surface area contributed by atoms with E-state index in [1.54, 1.807) is 0 Å². The first-order chi connectivity index (χ1) is 17.0. The van der Waals surface area contributed by atoms with E-state index in [0.717, 1.165) is 43.9 Å². The minimum Gasteiger partial charge on any atom is -0.453 e. The van der Waals surface area contributed by atoms with Gasteiger partial charge in [0.15, 0.2) is 0 Å². The quantitative estimate of drug-likeness (QED) is 0.526. The molecular formula is C28H40N4O3. The molecule has 2 aromatic carbocycles. The molecule has 0 spiro atoms. The van der Waals surface area contributed by atoms with Crippen LogP contribution in [-0.2, 0) is 4.74 Å². The Morgan fingerprint density at radius 3 is 2.26 bits per heavy atom. The van der Waals surface area contributed by atoms with Gasteiger partial charge in [-0.15, -0.1) is 0 Å². The predicted molar refractivity (Wildman–Crippen MR) is 141 cm³/mol. The highest BCUT2D eigenvalue weighted by molar-refractivity contribution is 5.94. The normalized spacial score (nSPS) is 15.4. The zero-order valence-corrected chi connectivity index (χ0v) is 21.6. The average Bonchev–Trinajstić information content (AvgIpc) is 2.89. The molecule has 7 nitrogen and oxygen atoms in total. The van der Waals surface area contributed by atoms with Gasteiger partial charge in [0, 0.05) is 50.5 Å². The van der Waals surface area contributed by atoms with Crippen molar-refractivity contribution in [2.24, 2.45) is 0 Å². The molecule has 1 N–H and O–H groups in total. The van der Waals surface area contributed by atoms with Gasteiger partial charge < -0.3 is 14.5 Å². The van der Waals surface area contributed by atoms with E-state index in [-0.39, 0.29) is 11.9 Å². The maximum absolute atomic E-state index is 12.8. The van der Waals surface area contributed by atoms with E-state index >= 15 is 0 Å². The lowest BCUT2D eigenvalue weighted by Crippen LogP contribution is -2.48. The van der Waals surface area contributed by atoms with Crippen molar-refractivity contribution in [3.05, 3.63) is 65.2 Å². The van der Waals surface area contributed by atoms with E-state index in [0.29, 0.717) is 24.3 Å². The number of benzene rings is 2. The largest absolute Gasteiger partial charge is 0.453 e. The lowest BCUT2D eigenvalue weighted by molar-refractivity contribution is 0.0773. The van der Waals surface area contributed by atoms with Crippen molar-refractivity contribution >= 4 is 17.7 Å². The first-order valence-corrected chi connectivity index (χ1v) is 12.8. The molecule has 1 atom stereocenters. The van der Waals surface area contributed by atoms with Crippen molar-refractivity contribution in [3.8, 4) is 0 Å². The number of anilines is 1. The van der Waals surface area contributed by atoms with Crippen LogP contribution in [0.25, 0.3) is 0 Å². The highest BCUT2D eigenvalue weighted by Gasteiger charge is 2.27. The number of amides is 2. The van der Waals surface area contributed by atoms with Gasteiger partial charge in [0.1, 0.15) is 0 Å². The summed E-state index contributed by atoms with van der Waals surface area (Å²) in [6, 6.07) is 16.0. The summed E-state index contributed by atoms with van der Waals surface area (Å²) < 4.78 is 4.77. The molecule has 1 saturated heterocycles. The smallest absolute Gasteiger partial charge is 0.411 e. The van der Waals surface area contributed by atoms with Gasteiger partial charge in [-0.1, -0.05) is 37.6 Å². The summed E-state index contributed by atoms with van der Waals surface area (Å²) in [5.41, 5.74) is 3.65. The topological polar surface area (TPSA) is 65.1 Å². The van der Waals surface area contributed by atoms with Crippen molar-refractivity contribution in [2.45, 2.75) is 39.7 Å². The molecule has 1 fully saturated rings. The number of rotatable bonds is 10. The summed E-state index contributed by atoms with van der Waals surface area (Å²) in [5.74, 6) is 0.0620. The number of carbonyl (C=O) groups is 2. The maximum atomic E-state index is 12.8. The van der Waals surface area contributed by atoms with Crippen LogP contribution in [0.3, 0.4) is 0 Å². The third-order valence-corrected chi connectivity index (χ3v) is 6.76. The maximum Gasteiger partial charge on any atom is 0.411 e. The Balaban J connectivity index is 1.88. The molecule has 2 amide bonds. The fraction of sp³-hybridized carbons (Fsp3) is 0.500. The number of piperazine rings is 1. The number of nitrogens with one attached hydrogen (secondary N) is 1. The van der Waals surface area contributed by atoms with Gasteiger partial charge in [-0.25, -0.2) is 4.79 Å². The van der Waals surface area contributed by atoms with Crippen LogP contribution >= 0.6 is 0 Å². The molecule has 35 heavy (non-hydrogen) atoms. The fourth-order valence-corrected chi connectivity index (χ4v) is 4.70. The number of hydrogen-bond acceptors (Lipinski definition) is 5. The zero-order chi connectivity index (χ0) is 25.2. The molecule has 0 aromatic heterocycles. The second-order valence-corrected chi connectivity index (χ2v) is 8.98. The van der Waals surface area contributed by atoms with E-state index in [9.17, 15) is 9.59 Å². The Kier molecular flexibility index (Phi) is 10.1. The van der Waals surface area contributed by atoms with Gasteiger partial charge in [0.05, 0.1) is 13.2 Å². The van der Waals surface area contributed by atoms with Gasteiger partial charge in [0.2, 0.25) is 0 Å². The molecule has 0 unspecified atom stereocenters. The molecule has 3 rings (SSSR count). The number of hydrogen-bond donors (Lipinski definition) is 1. The Labute approximate surface area is 210 Å². The van der Waals surface area contributed by atoms with Crippen molar-refractivity contribution in [1.82, 2.24) is 14.7 Å². The summed E-state index contributed by atoms with van der Waals surface area (Å²) in [7, 11) is 1.36. The minimum absolute atomic E-state index is 0.0281. The van der Waals surface area contributed by atoms with E-state index < -0.39 is 6.09 Å². The van der Waals surface area contributed by atoms with Gasteiger partial charge in [0.25, 0.3) is 5.91 Å². The summed E-state index contributed by atoms with van der Waals surface area (Å²) >= 11 is 0. The first-order valence-electron chi connectivity index (χ1n) is 12.8. The van der Waals surface area contributed by atoms with E-state index in [4.69, 9.17) is 4.74 Å². The molecule has 0 saturated carbocycles. The molecule has 0 radical (unpaired) electrons. The molecular weight excluding hydrogens is 440 g/mol. The SMILES string of the molecule is CCCCN1CCN([C@@H](c2ccc(C(=O)N(CC)CC)cc2)c2cccc(NC(=O)OC)c2)CC1. The molecule has 0 bridgehead atoms. The van der Waals surface area contributed by atoms with E-state index in [2.05, 4.69) is 40.2 Å². The zero-order valence-electron chi connectivity index (χ0n) is 21.6. The van der Waals surface area contributed by atoms with Crippen LogP contribution in [0.5, 0.6) is 0 Å². The third kappa shape index (κ3) is 7.05. The second-order valence-electron chi connectivity index (χ2n) is 8.98. The molecule has 190 valence electrons. The van der Waals surface area contributed by atoms with Crippen LogP contribution in [0.15, 0.2) is 48.5 Å². The third-order valence-electron chi connectivity index (χ3n) is 6.76. The summed E-state index contributed by atoms with van der Waals surface area (Å²) in [4.78, 5) is 31.5. The number of nitrogens with zero attached hydrogens (tertiary/aromatic N) is 3. The van der Waals surface area contributed by atoms with Gasteiger partial charge in [-0.2, -0.15) is 0 Å². The standard InChI is InChI=1S/C28H40N4O3/c1-5-8-16-30-17-19-32(20-18-30)26(24-10-9-11-25(21-24)29-28(34)35-4)22-12-14-23(15-13-22)27(33)31(6-2)7-3/h9-15,21,26H,5-8,16-20H2,1-4H3,(H,29,34)/t26-/m0/s1. The summed E-state index contributed by atoms with van der Waals surface area (Å²) in [6.07, 6.45) is 1.95. The molecule has 1 heterocycles. The van der Waals surface area contributed by atoms with Crippen LogP contribution in [0, 0.1) is 0 Å². The lowest BCUT2D eigenvalue weighted by Gasteiger charge is -2.40. The Morgan fingerprint density at radius 2 is 1.66 bits per heavy atom. The van der Waals surface area contributed by atoms with Gasteiger partial charge in [-0.05, 0) is 62.2 Å².